The van der Waals surface area contributed by atoms with E-state index in [0.717, 1.165) is 0 Å². The number of nitrogens with zero attached hydrogens (tertiary/aromatic N) is 3. The van der Waals surface area contributed by atoms with Gasteiger partial charge in [0.1, 0.15) is 4.21 Å². The molecule has 3 aromatic rings. The van der Waals surface area contributed by atoms with Crippen molar-refractivity contribution >= 4 is 38.0 Å². The highest BCUT2D eigenvalue weighted by Gasteiger charge is 2.29. The smallest absolute Gasteiger partial charge is 0.274 e. The van der Waals surface area contributed by atoms with Crippen LogP contribution in [0.2, 0.25) is 0 Å². The molecular formula is C21H24N4O4S2. The van der Waals surface area contributed by atoms with Crippen molar-refractivity contribution in [3.8, 4) is 0 Å². The Balaban J connectivity index is 1.54. The zero-order valence-electron chi connectivity index (χ0n) is 17.3. The van der Waals surface area contributed by atoms with Crippen molar-refractivity contribution in [2.45, 2.75) is 43.0 Å². The Labute approximate surface area is 184 Å². The SMILES string of the molecule is CC(C)n1nc(C(=O)N2CCC(NS(=O)(=O)c3cccs3)CC2)c2ccccc2c1=O. The molecule has 4 rings (SSSR count). The molecule has 1 aromatic carbocycles. The molecule has 0 bridgehead atoms. The lowest BCUT2D eigenvalue weighted by Crippen LogP contribution is -2.46. The Kier molecular flexibility index (Phi) is 5.96. The minimum Gasteiger partial charge on any atom is -0.337 e. The van der Waals surface area contributed by atoms with Crippen LogP contribution in [0.4, 0.5) is 0 Å². The first-order valence-electron chi connectivity index (χ1n) is 10.1. The number of nitrogens with one attached hydrogen (secondary N) is 1. The van der Waals surface area contributed by atoms with Gasteiger partial charge in [-0.15, -0.1) is 11.3 Å². The topological polar surface area (TPSA) is 101 Å². The van der Waals surface area contributed by atoms with Gasteiger partial charge in [-0.25, -0.2) is 17.8 Å². The molecular weight excluding hydrogens is 436 g/mol. The summed E-state index contributed by atoms with van der Waals surface area (Å²) in [5.74, 6) is -0.245. The molecule has 1 N–H and O–H groups in total. The fourth-order valence-corrected chi connectivity index (χ4v) is 6.07. The number of carbonyl (C=O) groups excluding carboxylic acids is 1. The van der Waals surface area contributed by atoms with E-state index in [1.807, 2.05) is 13.8 Å². The second kappa shape index (κ2) is 8.52. The lowest BCUT2D eigenvalue weighted by molar-refractivity contribution is 0.0704. The van der Waals surface area contributed by atoms with Crippen LogP contribution in [0.1, 0.15) is 43.2 Å². The summed E-state index contributed by atoms with van der Waals surface area (Å²) in [6.45, 7) is 4.52. The van der Waals surface area contributed by atoms with E-state index in [4.69, 9.17) is 0 Å². The number of likely N-dealkylation sites (tertiary alicyclic amines) is 1. The van der Waals surface area contributed by atoms with E-state index in [1.165, 1.54) is 16.0 Å². The molecule has 1 aliphatic heterocycles. The number of sulfonamides is 1. The molecule has 0 aliphatic carbocycles. The first kappa shape index (κ1) is 21.7. The molecule has 10 heteroatoms. The minimum absolute atomic E-state index is 0.180. The van der Waals surface area contributed by atoms with Gasteiger partial charge >= 0.3 is 0 Å². The molecule has 3 heterocycles. The van der Waals surface area contributed by atoms with E-state index in [-0.39, 0.29) is 33.5 Å². The Morgan fingerprint density at radius 2 is 1.81 bits per heavy atom. The molecule has 1 fully saturated rings. The second-order valence-electron chi connectivity index (χ2n) is 7.86. The summed E-state index contributed by atoms with van der Waals surface area (Å²) < 4.78 is 29.3. The highest BCUT2D eigenvalue weighted by atomic mass is 32.2. The summed E-state index contributed by atoms with van der Waals surface area (Å²) in [7, 11) is -3.54. The van der Waals surface area contributed by atoms with Crippen LogP contribution in [0.25, 0.3) is 10.8 Å². The standard InChI is InChI=1S/C21H24N4O4S2/c1-14(2)25-20(26)17-7-4-3-6-16(17)19(22-25)21(27)24-11-9-15(10-12-24)23-31(28,29)18-8-5-13-30-18/h3-8,13-15,23H,9-12H2,1-2H3. The number of hydrogen-bond acceptors (Lipinski definition) is 6. The van der Waals surface area contributed by atoms with Crippen LogP contribution in [-0.2, 0) is 10.0 Å². The summed E-state index contributed by atoms with van der Waals surface area (Å²) in [5.41, 5.74) is 0.0327. The molecule has 1 amide bonds. The first-order valence-corrected chi connectivity index (χ1v) is 12.5. The fraction of sp³-hybridized carbons (Fsp3) is 0.381. The van der Waals surface area contributed by atoms with Crippen LogP contribution < -0.4 is 10.3 Å². The van der Waals surface area contributed by atoms with E-state index in [9.17, 15) is 18.0 Å². The zero-order chi connectivity index (χ0) is 22.2. The summed E-state index contributed by atoms with van der Waals surface area (Å²) in [5, 5.41) is 7.12. The van der Waals surface area contributed by atoms with E-state index in [2.05, 4.69) is 9.82 Å². The van der Waals surface area contributed by atoms with Crippen LogP contribution in [0, 0.1) is 0 Å². The van der Waals surface area contributed by atoms with E-state index in [1.54, 1.807) is 46.7 Å². The second-order valence-corrected chi connectivity index (χ2v) is 10.7. The van der Waals surface area contributed by atoms with E-state index >= 15 is 0 Å². The quantitative estimate of drug-likeness (QED) is 0.631. The lowest BCUT2D eigenvalue weighted by Gasteiger charge is -2.32. The van der Waals surface area contributed by atoms with Crippen molar-refractivity contribution in [1.82, 2.24) is 19.4 Å². The molecule has 1 aliphatic rings. The maximum atomic E-state index is 13.3. The number of carbonyl (C=O) groups is 1. The zero-order valence-corrected chi connectivity index (χ0v) is 18.9. The van der Waals surface area contributed by atoms with Crippen molar-refractivity contribution in [1.29, 1.82) is 0 Å². The summed E-state index contributed by atoms with van der Waals surface area (Å²) in [6, 6.07) is 9.87. The van der Waals surface area contributed by atoms with E-state index < -0.39 is 10.0 Å². The van der Waals surface area contributed by atoms with Crippen molar-refractivity contribution in [3.63, 3.8) is 0 Å². The molecule has 31 heavy (non-hydrogen) atoms. The third-order valence-corrected chi connectivity index (χ3v) is 8.30. The first-order chi connectivity index (χ1) is 14.8. The molecule has 0 radical (unpaired) electrons. The van der Waals surface area contributed by atoms with Gasteiger partial charge in [-0.1, -0.05) is 24.3 Å². The van der Waals surface area contributed by atoms with Crippen LogP contribution in [0.5, 0.6) is 0 Å². The Morgan fingerprint density at radius 3 is 2.42 bits per heavy atom. The molecule has 0 atom stereocenters. The van der Waals surface area contributed by atoms with Crippen molar-refractivity contribution < 1.29 is 13.2 Å². The number of thiophene rings is 1. The Morgan fingerprint density at radius 1 is 1.13 bits per heavy atom. The maximum absolute atomic E-state index is 13.3. The molecule has 2 aromatic heterocycles. The normalized spacial score (nSPS) is 15.6. The number of rotatable bonds is 5. The summed E-state index contributed by atoms with van der Waals surface area (Å²) >= 11 is 1.18. The molecule has 1 saturated heterocycles. The van der Waals surface area contributed by atoms with Gasteiger partial charge in [0, 0.05) is 24.5 Å². The third kappa shape index (κ3) is 4.28. The largest absolute Gasteiger partial charge is 0.337 e. The average molecular weight is 461 g/mol. The van der Waals surface area contributed by atoms with Crippen molar-refractivity contribution in [2.75, 3.05) is 13.1 Å². The fourth-order valence-electron chi connectivity index (χ4n) is 3.76. The molecule has 8 nitrogen and oxygen atoms in total. The van der Waals surface area contributed by atoms with Gasteiger partial charge in [0.15, 0.2) is 5.69 Å². The van der Waals surface area contributed by atoms with Gasteiger partial charge in [-0.3, -0.25) is 9.59 Å². The average Bonchev–Trinajstić information content (AvgIpc) is 3.30. The van der Waals surface area contributed by atoms with Crippen LogP contribution in [0.3, 0.4) is 0 Å². The molecule has 0 spiro atoms. The highest BCUT2D eigenvalue weighted by molar-refractivity contribution is 7.91. The van der Waals surface area contributed by atoms with Gasteiger partial charge in [-0.05, 0) is 44.2 Å². The highest BCUT2D eigenvalue weighted by Crippen LogP contribution is 2.21. The van der Waals surface area contributed by atoms with Crippen LogP contribution in [0.15, 0.2) is 50.8 Å². The van der Waals surface area contributed by atoms with Crippen molar-refractivity contribution in [3.05, 3.63) is 57.8 Å². The van der Waals surface area contributed by atoms with Crippen LogP contribution >= 0.6 is 11.3 Å². The minimum atomic E-state index is -3.54. The third-order valence-electron chi connectivity index (χ3n) is 5.38. The van der Waals surface area contributed by atoms with Gasteiger partial charge in [-0.2, -0.15) is 5.10 Å². The predicted octanol–water partition coefficient (Wildman–Crippen LogP) is 2.62. The summed E-state index contributed by atoms with van der Waals surface area (Å²) in [4.78, 5) is 27.7. The van der Waals surface area contributed by atoms with Gasteiger partial charge in [0.25, 0.3) is 11.5 Å². The lowest BCUT2D eigenvalue weighted by atomic mass is 10.0. The molecule has 0 saturated carbocycles. The van der Waals surface area contributed by atoms with Gasteiger partial charge < -0.3 is 4.90 Å². The number of hydrogen-bond donors (Lipinski definition) is 1. The van der Waals surface area contributed by atoms with Crippen LogP contribution in [-0.4, -0.2) is 48.1 Å². The number of fused-ring (bicyclic) bond motifs is 1. The van der Waals surface area contributed by atoms with Gasteiger partial charge in [0.2, 0.25) is 10.0 Å². The Hall–Kier alpha value is -2.56. The molecule has 0 unspecified atom stereocenters. The maximum Gasteiger partial charge on any atom is 0.274 e. The van der Waals surface area contributed by atoms with Crippen molar-refractivity contribution in [2.24, 2.45) is 0 Å². The number of piperidine rings is 1. The summed E-state index contributed by atoms with van der Waals surface area (Å²) in [6.07, 6.45) is 1.02. The monoisotopic (exact) mass is 460 g/mol. The Bertz CT molecular complexity index is 1260. The predicted molar refractivity (Wildman–Crippen MR) is 120 cm³/mol. The number of aromatic nitrogens is 2. The van der Waals surface area contributed by atoms with E-state index in [0.29, 0.717) is 36.7 Å². The van der Waals surface area contributed by atoms with Gasteiger partial charge in [0.05, 0.1) is 11.4 Å². The molecule has 164 valence electrons. The number of benzene rings is 1. The number of amides is 1.